The summed E-state index contributed by atoms with van der Waals surface area (Å²) >= 11 is 0. The van der Waals surface area contributed by atoms with Crippen molar-refractivity contribution in [3.63, 3.8) is 0 Å². The van der Waals surface area contributed by atoms with Gasteiger partial charge in [-0.25, -0.2) is 0 Å². The Morgan fingerprint density at radius 1 is 0.333 bits per heavy atom. The number of hydrogen-bond acceptors (Lipinski definition) is 0. The van der Waals surface area contributed by atoms with Crippen molar-refractivity contribution < 1.29 is 21.9 Å². The third kappa shape index (κ3) is 91.3. The van der Waals surface area contributed by atoms with Crippen molar-refractivity contribution >= 4 is 34.7 Å². The van der Waals surface area contributed by atoms with Gasteiger partial charge in [0.15, 0.2) is 34.7 Å². The van der Waals surface area contributed by atoms with Crippen LogP contribution in [-0.2, 0) is 0 Å². The molecule has 0 heterocycles. The van der Waals surface area contributed by atoms with E-state index in [4.69, 9.17) is 0 Å². The van der Waals surface area contributed by atoms with Crippen LogP contribution in [0, 0.1) is 0 Å². The first-order valence-corrected chi connectivity index (χ1v) is 0. The lowest BCUT2D eigenvalue weighted by Crippen LogP contribution is -0.382. The van der Waals surface area contributed by atoms with Gasteiger partial charge in [-0.2, -0.15) is 0 Å². The largest absolute Gasteiger partial charge is 0.412 e. The van der Waals surface area contributed by atoms with E-state index >= 15 is 0 Å². The third-order valence-corrected chi connectivity index (χ3v) is 0. The fourth-order valence-corrected chi connectivity index (χ4v) is 0. The zero-order valence-electron chi connectivity index (χ0n) is 2.00. The molecule has 0 aromatic heterocycles. The van der Waals surface area contributed by atoms with Crippen LogP contribution in [0.2, 0.25) is 0 Å². The Labute approximate surface area is 57.0 Å². The summed E-state index contributed by atoms with van der Waals surface area (Å²) in [4.78, 5) is 0. The number of rotatable bonds is 0. The normalized spacial score (nSPS) is 0. The van der Waals surface area contributed by atoms with Crippen LogP contribution in [-0.4, -0.2) is 56.6 Å². The van der Waals surface area contributed by atoms with Gasteiger partial charge in [-0.05, 0) is 0 Å². The summed E-state index contributed by atoms with van der Waals surface area (Å²) < 4.78 is 0. The molecule has 0 atom stereocenters. The molecule has 0 unspecified atom stereocenters. The smallest absolute Gasteiger partial charge is 0.187 e. The summed E-state index contributed by atoms with van der Waals surface area (Å²) in [6.07, 6.45) is 0. The minimum absolute atomic E-state index is 0. The van der Waals surface area contributed by atoms with Crippen molar-refractivity contribution in [2.75, 3.05) is 0 Å². The highest BCUT2D eigenvalue weighted by Crippen LogP contribution is -0.286. The van der Waals surface area contributed by atoms with Crippen molar-refractivity contribution in [2.45, 2.75) is 0 Å². The topological polar surface area (TPSA) is 126 Å². The standard InChI is InChI=1S/2Al.4H2O.6H/h;;4*1H2;;;;;;. The monoisotopic (exact) mass is 132 g/mol. The fourth-order valence-electron chi connectivity index (χ4n) is 0. The van der Waals surface area contributed by atoms with Gasteiger partial charge in [0.25, 0.3) is 0 Å². The van der Waals surface area contributed by atoms with E-state index in [1.165, 1.54) is 0 Å². The molecule has 0 aliphatic heterocycles. The van der Waals surface area contributed by atoms with E-state index in [0.29, 0.717) is 0 Å². The molecule has 0 radical (unpaired) electrons. The Morgan fingerprint density at radius 2 is 0.333 bits per heavy atom. The Balaban J connectivity index is 0. The van der Waals surface area contributed by atoms with Gasteiger partial charge in [0, 0.05) is 0 Å². The summed E-state index contributed by atoms with van der Waals surface area (Å²) in [6.45, 7) is 0. The van der Waals surface area contributed by atoms with Crippen LogP contribution >= 0.6 is 0 Å². The van der Waals surface area contributed by atoms with Crippen molar-refractivity contribution in [3.8, 4) is 0 Å². The van der Waals surface area contributed by atoms with Crippen molar-refractivity contribution in [3.05, 3.63) is 0 Å². The van der Waals surface area contributed by atoms with Crippen LogP contribution in [0.15, 0.2) is 0 Å². The molecule has 0 saturated heterocycles. The Hall–Kier alpha value is 0.905. The molecule has 0 aliphatic rings. The minimum Gasteiger partial charge on any atom is -0.412 e. The van der Waals surface area contributed by atoms with Gasteiger partial charge >= 0.3 is 0 Å². The summed E-state index contributed by atoms with van der Waals surface area (Å²) in [5.74, 6) is 0. The van der Waals surface area contributed by atoms with E-state index in [9.17, 15) is 0 Å². The summed E-state index contributed by atoms with van der Waals surface area (Å²) in [5.41, 5.74) is 0. The second-order valence-electron chi connectivity index (χ2n) is 0. The maximum absolute atomic E-state index is 0. The molecule has 0 amide bonds. The summed E-state index contributed by atoms with van der Waals surface area (Å²) in [7, 11) is 0. The first-order valence-electron chi connectivity index (χ1n) is 0. The van der Waals surface area contributed by atoms with Crippen LogP contribution in [0.25, 0.3) is 0 Å². The zero-order chi connectivity index (χ0) is 0. The molecule has 0 rings (SSSR count). The van der Waals surface area contributed by atoms with Crippen molar-refractivity contribution in [2.24, 2.45) is 0 Å². The number of hydrogen-bond donors (Lipinski definition) is 0. The summed E-state index contributed by atoms with van der Waals surface area (Å²) in [6, 6.07) is 0. The molecule has 4 nitrogen and oxygen atoms in total. The molecule has 0 aliphatic carbocycles. The van der Waals surface area contributed by atoms with E-state index < -0.39 is 0 Å². The molecular formula is H14Al2O4. The highest BCUT2D eigenvalue weighted by molar-refractivity contribution is 5.76. The van der Waals surface area contributed by atoms with Gasteiger partial charge < -0.3 is 21.9 Å². The van der Waals surface area contributed by atoms with Gasteiger partial charge in [-0.1, -0.05) is 0 Å². The predicted octanol–water partition coefficient (Wildman–Crippen LogP) is -5.67. The molecule has 0 aromatic carbocycles. The molecule has 8 N–H and O–H groups in total. The first kappa shape index (κ1) is 294. The van der Waals surface area contributed by atoms with Crippen LogP contribution in [0.5, 0.6) is 0 Å². The molecule has 0 bridgehead atoms. The fraction of sp³-hybridized carbons (Fsp3) is 0. The average molecular weight is 132 g/mol. The molecule has 6 heavy (non-hydrogen) atoms. The first-order chi connectivity index (χ1) is 0. The maximum atomic E-state index is 0. The Bertz CT molecular complexity index is 5.51. The van der Waals surface area contributed by atoms with E-state index in [-0.39, 0.29) is 56.6 Å². The molecule has 0 aromatic rings. The minimum atomic E-state index is 0. The van der Waals surface area contributed by atoms with Gasteiger partial charge in [-0.15, -0.1) is 0 Å². The zero-order valence-corrected chi connectivity index (χ0v) is 2.00. The van der Waals surface area contributed by atoms with Gasteiger partial charge in [0.1, 0.15) is 0 Å². The quantitative estimate of drug-likeness (QED) is 0.291. The molecule has 44 valence electrons. The lowest BCUT2D eigenvalue weighted by molar-refractivity contribution is 0.823. The van der Waals surface area contributed by atoms with Gasteiger partial charge in [-0.3, -0.25) is 0 Å². The van der Waals surface area contributed by atoms with Crippen LogP contribution in [0.4, 0.5) is 0 Å². The Kier molecular flexibility index (Phi) is 8500. The van der Waals surface area contributed by atoms with E-state index in [1.807, 2.05) is 0 Å². The molecule has 0 spiro atoms. The van der Waals surface area contributed by atoms with Crippen LogP contribution < -0.4 is 0 Å². The van der Waals surface area contributed by atoms with Gasteiger partial charge in [0.2, 0.25) is 0 Å². The van der Waals surface area contributed by atoms with Crippen LogP contribution in [0.1, 0.15) is 0 Å². The van der Waals surface area contributed by atoms with Crippen molar-refractivity contribution in [1.82, 2.24) is 0 Å². The highest BCUT2D eigenvalue weighted by Gasteiger charge is 0.188. The Morgan fingerprint density at radius 3 is 0.333 bits per heavy atom. The van der Waals surface area contributed by atoms with Gasteiger partial charge in [0.05, 0.1) is 0 Å². The summed E-state index contributed by atoms with van der Waals surface area (Å²) in [5, 5.41) is 0. The maximum Gasteiger partial charge on any atom is 0.187 e. The van der Waals surface area contributed by atoms with E-state index in [2.05, 4.69) is 0 Å². The van der Waals surface area contributed by atoms with Crippen LogP contribution in [0.3, 0.4) is 0 Å². The van der Waals surface area contributed by atoms with E-state index in [1.54, 1.807) is 0 Å². The second kappa shape index (κ2) is 173. The molecule has 0 saturated carbocycles. The lowest BCUT2D eigenvalue weighted by atomic mass is 16.0. The molecule has 0 fully saturated rings. The molecule has 6 heteroatoms. The SMILES string of the molecule is O.O.O.O.[AlH3].[AlH3]. The second-order valence-corrected chi connectivity index (χ2v) is 0. The average Bonchev–Trinajstić information content (AvgIpc) is 0. The lowest BCUT2D eigenvalue weighted by Gasteiger charge is -0.413. The predicted molar refractivity (Wildman–Crippen MR) is 34.3 cm³/mol. The van der Waals surface area contributed by atoms with E-state index in [0.717, 1.165) is 0 Å². The molecular weight excluding hydrogens is 118 g/mol. The van der Waals surface area contributed by atoms with Crippen molar-refractivity contribution in [1.29, 1.82) is 0 Å². The highest BCUT2D eigenvalue weighted by atomic mass is 27.0. The third-order valence-electron chi connectivity index (χ3n) is 0.